The van der Waals surface area contributed by atoms with E-state index >= 15 is 0 Å². The first-order chi connectivity index (χ1) is 12.2. The Morgan fingerprint density at radius 2 is 2.00 bits per heavy atom. The lowest BCUT2D eigenvalue weighted by atomic mass is 9.95. The van der Waals surface area contributed by atoms with Gasteiger partial charge in [-0.2, -0.15) is 13.2 Å². The number of benzene rings is 1. The third kappa shape index (κ3) is 4.25. The van der Waals surface area contributed by atoms with E-state index in [1.165, 1.54) is 0 Å². The minimum atomic E-state index is -4.65. The van der Waals surface area contributed by atoms with Crippen LogP contribution in [0.4, 0.5) is 24.5 Å². The van der Waals surface area contributed by atoms with Crippen LogP contribution >= 0.6 is 0 Å². The number of hydrogen-bond donors (Lipinski definition) is 0. The molecular formula is C17H22F3N3O3. The van der Waals surface area contributed by atoms with E-state index in [1.807, 2.05) is 13.8 Å². The van der Waals surface area contributed by atoms with Crippen molar-refractivity contribution in [2.24, 2.45) is 5.92 Å². The molecule has 1 unspecified atom stereocenters. The fourth-order valence-electron chi connectivity index (χ4n) is 3.30. The maximum absolute atomic E-state index is 12.9. The molecule has 9 heteroatoms. The summed E-state index contributed by atoms with van der Waals surface area (Å²) in [5, 5.41) is 11.3. The first-order valence-corrected chi connectivity index (χ1v) is 8.58. The Labute approximate surface area is 149 Å². The highest BCUT2D eigenvalue weighted by Crippen LogP contribution is 2.37. The Morgan fingerprint density at radius 1 is 1.35 bits per heavy atom. The Kier molecular flexibility index (Phi) is 6.09. The maximum Gasteiger partial charge on any atom is 0.416 e. The zero-order valence-electron chi connectivity index (χ0n) is 14.8. The molecule has 1 heterocycles. The van der Waals surface area contributed by atoms with Crippen molar-refractivity contribution in [3.63, 3.8) is 0 Å². The van der Waals surface area contributed by atoms with Gasteiger partial charge in [0.2, 0.25) is 5.91 Å². The SMILES string of the molecule is CCN(CC)C(=O)C1CCCN(c2ccc(C(F)(F)F)cc2[N+](=O)[O-])C1. The van der Waals surface area contributed by atoms with Gasteiger partial charge in [0, 0.05) is 32.2 Å². The standard InChI is InChI=1S/C17H22F3N3O3/c1-3-21(4-2)16(24)12-6-5-9-22(11-12)14-8-7-13(17(18,19)20)10-15(14)23(25)26/h7-8,10,12H,3-6,9,11H2,1-2H3. The number of halogens is 3. The summed E-state index contributed by atoms with van der Waals surface area (Å²) in [7, 11) is 0. The van der Waals surface area contributed by atoms with E-state index in [0.717, 1.165) is 12.1 Å². The van der Waals surface area contributed by atoms with Gasteiger partial charge in [0.15, 0.2) is 0 Å². The zero-order valence-corrected chi connectivity index (χ0v) is 14.8. The highest BCUT2D eigenvalue weighted by atomic mass is 19.4. The molecule has 0 N–H and O–H groups in total. The van der Waals surface area contributed by atoms with Crippen molar-refractivity contribution in [3.05, 3.63) is 33.9 Å². The highest BCUT2D eigenvalue weighted by molar-refractivity contribution is 5.80. The second kappa shape index (κ2) is 7.92. The Balaban J connectivity index is 2.30. The van der Waals surface area contributed by atoms with Gasteiger partial charge < -0.3 is 9.80 Å². The fourth-order valence-corrected chi connectivity index (χ4v) is 3.30. The van der Waals surface area contributed by atoms with Crippen LogP contribution in [0.15, 0.2) is 18.2 Å². The highest BCUT2D eigenvalue weighted by Gasteiger charge is 2.35. The monoisotopic (exact) mass is 373 g/mol. The number of anilines is 1. The van der Waals surface area contributed by atoms with Crippen LogP contribution in [0.25, 0.3) is 0 Å². The number of carbonyl (C=O) groups is 1. The lowest BCUT2D eigenvalue weighted by molar-refractivity contribution is -0.384. The van der Waals surface area contributed by atoms with Crippen molar-refractivity contribution in [2.75, 3.05) is 31.1 Å². The Morgan fingerprint density at radius 3 is 2.54 bits per heavy atom. The molecule has 1 aliphatic heterocycles. The molecule has 0 radical (unpaired) electrons. The summed E-state index contributed by atoms with van der Waals surface area (Å²) < 4.78 is 38.6. The lowest BCUT2D eigenvalue weighted by Gasteiger charge is -2.35. The van der Waals surface area contributed by atoms with Gasteiger partial charge in [0.1, 0.15) is 5.69 Å². The minimum Gasteiger partial charge on any atom is -0.365 e. The average Bonchev–Trinajstić information content (AvgIpc) is 2.61. The van der Waals surface area contributed by atoms with E-state index in [4.69, 9.17) is 0 Å². The van der Waals surface area contributed by atoms with Crippen LogP contribution in [-0.4, -0.2) is 41.9 Å². The number of nitrogens with zero attached hydrogens (tertiary/aromatic N) is 3. The normalized spacial score (nSPS) is 17.9. The molecule has 144 valence electrons. The molecule has 1 saturated heterocycles. The molecule has 6 nitrogen and oxygen atoms in total. The number of rotatable bonds is 5. The van der Waals surface area contributed by atoms with Gasteiger partial charge in [0.25, 0.3) is 5.69 Å². The summed E-state index contributed by atoms with van der Waals surface area (Å²) >= 11 is 0. The molecule has 1 atom stereocenters. The van der Waals surface area contributed by atoms with Gasteiger partial charge in [-0.1, -0.05) is 0 Å². The molecular weight excluding hydrogens is 351 g/mol. The van der Waals surface area contributed by atoms with Gasteiger partial charge in [-0.15, -0.1) is 0 Å². The molecule has 2 rings (SSSR count). The van der Waals surface area contributed by atoms with Gasteiger partial charge in [0.05, 0.1) is 16.4 Å². The molecule has 1 fully saturated rings. The largest absolute Gasteiger partial charge is 0.416 e. The Bertz CT molecular complexity index is 675. The molecule has 0 bridgehead atoms. The zero-order chi connectivity index (χ0) is 19.5. The second-order valence-electron chi connectivity index (χ2n) is 6.25. The van der Waals surface area contributed by atoms with Crippen LogP contribution in [0.5, 0.6) is 0 Å². The second-order valence-corrected chi connectivity index (χ2v) is 6.25. The van der Waals surface area contributed by atoms with Crippen molar-refractivity contribution in [3.8, 4) is 0 Å². The summed E-state index contributed by atoms with van der Waals surface area (Å²) in [6.45, 7) is 5.64. The van der Waals surface area contributed by atoms with Gasteiger partial charge in [-0.3, -0.25) is 14.9 Å². The average molecular weight is 373 g/mol. The molecule has 0 saturated carbocycles. The first kappa shape index (κ1) is 20.0. The molecule has 1 aliphatic rings. The van der Waals surface area contributed by atoms with Crippen molar-refractivity contribution in [1.82, 2.24) is 4.90 Å². The van der Waals surface area contributed by atoms with Crippen molar-refractivity contribution in [2.45, 2.75) is 32.9 Å². The molecule has 1 aromatic rings. The van der Waals surface area contributed by atoms with Crippen LogP contribution in [0.2, 0.25) is 0 Å². The van der Waals surface area contributed by atoms with Gasteiger partial charge in [-0.05, 0) is 38.8 Å². The van der Waals surface area contributed by atoms with E-state index in [9.17, 15) is 28.1 Å². The van der Waals surface area contributed by atoms with E-state index in [1.54, 1.807) is 9.80 Å². The Hall–Kier alpha value is -2.32. The third-order valence-corrected chi connectivity index (χ3v) is 4.69. The number of alkyl halides is 3. The first-order valence-electron chi connectivity index (χ1n) is 8.58. The number of nitro groups is 1. The molecule has 0 aliphatic carbocycles. The van der Waals surface area contributed by atoms with Crippen molar-refractivity contribution in [1.29, 1.82) is 0 Å². The van der Waals surface area contributed by atoms with Crippen LogP contribution < -0.4 is 4.90 Å². The smallest absolute Gasteiger partial charge is 0.365 e. The summed E-state index contributed by atoms with van der Waals surface area (Å²) in [6.07, 6.45) is -3.33. The molecule has 1 aromatic carbocycles. The van der Waals surface area contributed by atoms with Crippen molar-refractivity contribution >= 4 is 17.3 Å². The number of carbonyl (C=O) groups excluding carboxylic acids is 1. The number of hydrogen-bond acceptors (Lipinski definition) is 4. The number of piperidine rings is 1. The molecule has 0 aromatic heterocycles. The van der Waals surface area contributed by atoms with Crippen LogP contribution in [0.1, 0.15) is 32.3 Å². The van der Waals surface area contributed by atoms with E-state index < -0.39 is 22.4 Å². The van der Waals surface area contributed by atoms with Crippen LogP contribution in [0, 0.1) is 16.0 Å². The van der Waals surface area contributed by atoms with E-state index in [0.29, 0.717) is 38.5 Å². The predicted octanol–water partition coefficient (Wildman–Crippen LogP) is 3.70. The summed E-state index contributed by atoms with van der Waals surface area (Å²) in [5.74, 6) is -0.334. The minimum absolute atomic E-state index is 0.0192. The van der Waals surface area contributed by atoms with Crippen LogP contribution in [0.3, 0.4) is 0 Å². The topological polar surface area (TPSA) is 66.7 Å². The molecule has 1 amide bonds. The predicted molar refractivity (Wildman–Crippen MR) is 91.0 cm³/mol. The summed E-state index contributed by atoms with van der Waals surface area (Å²) in [4.78, 5) is 26.4. The number of nitro benzene ring substituents is 1. The lowest BCUT2D eigenvalue weighted by Crippen LogP contribution is -2.45. The molecule has 0 spiro atoms. The quantitative estimate of drug-likeness (QED) is 0.583. The molecule has 26 heavy (non-hydrogen) atoms. The van der Waals surface area contributed by atoms with E-state index in [-0.39, 0.29) is 24.1 Å². The van der Waals surface area contributed by atoms with Crippen LogP contribution in [-0.2, 0) is 11.0 Å². The maximum atomic E-state index is 12.9. The fraction of sp³-hybridized carbons (Fsp3) is 0.588. The number of amides is 1. The third-order valence-electron chi connectivity index (χ3n) is 4.69. The summed E-state index contributed by atoms with van der Waals surface area (Å²) in [6, 6.07) is 2.54. The summed E-state index contributed by atoms with van der Waals surface area (Å²) in [5.41, 5.74) is -1.52. The van der Waals surface area contributed by atoms with Gasteiger partial charge >= 0.3 is 6.18 Å². The van der Waals surface area contributed by atoms with Crippen molar-refractivity contribution < 1.29 is 22.9 Å². The van der Waals surface area contributed by atoms with E-state index in [2.05, 4.69) is 0 Å². The van der Waals surface area contributed by atoms with Gasteiger partial charge in [-0.25, -0.2) is 0 Å².